The van der Waals surface area contributed by atoms with Gasteiger partial charge in [0.2, 0.25) is 5.91 Å². The lowest BCUT2D eigenvalue weighted by atomic mass is 10.0. The molecule has 104 valence electrons. The normalized spacial score (nSPS) is 17.9. The molecule has 0 saturated heterocycles. The van der Waals surface area contributed by atoms with Gasteiger partial charge < -0.3 is 14.8 Å². The molecule has 1 heterocycles. The molecule has 1 aromatic carbocycles. The molecule has 1 aliphatic heterocycles. The van der Waals surface area contributed by atoms with Gasteiger partial charge in [0.15, 0.2) is 0 Å². The van der Waals surface area contributed by atoms with E-state index in [0.717, 1.165) is 36.3 Å². The van der Waals surface area contributed by atoms with Gasteiger partial charge in [-0.05, 0) is 31.4 Å². The standard InChI is InChI=1S/C15H21NO3/c1-3-5-15(17)16-13-6-4-9-19-14-10-11(18-2)7-8-12(13)14/h7-8,10,13H,3-6,9H2,1-2H3,(H,16,17). The third kappa shape index (κ3) is 3.40. The molecular formula is C15H21NO3. The number of hydrogen-bond acceptors (Lipinski definition) is 3. The molecule has 0 saturated carbocycles. The van der Waals surface area contributed by atoms with E-state index in [-0.39, 0.29) is 11.9 Å². The molecule has 1 aromatic rings. The van der Waals surface area contributed by atoms with Crippen molar-refractivity contribution in [3.63, 3.8) is 0 Å². The number of methoxy groups -OCH3 is 1. The Hall–Kier alpha value is -1.71. The number of carbonyl (C=O) groups is 1. The van der Waals surface area contributed by atoms with E-state index in [9.17, 15) is 4.79 Å². The van der Waals surface area contributed by atoms with E-state index in [2.05, 4.69) is 5.32 Å². The first-order chi connectivity index (χ1) is 9.24. The van der Waals surface area contributed by atoms with Crippen LogP contribution in [0.25, 0.3) is 0 Å². The summed E-state index contributed by atoms with van der Waals surface area (Å²) in [5, 5.41) is 3.09. The molecule has 0 aliphatic carbocycles. The molecule has 1 aliphatic rings. The summed E-state index contributed by atoms with van der Waals surface area (Å²) in [6.45, 7) is 2.69. The van der Waals surface area contributed by atoms with Crippen LogP contribution >= 0.6 is 0 Å². The molecular weight excluding hydrogens is 242 g/mol. The predicted octanol–water partition coefficient (Wildman–Crippen LogP) is 2.83. The number of fused-ring (bicyclic) bond motifs is 1. The van der Waals surface area contributed by atoms with E-state index in [1.54, 1.807) is 7.11 Å². The van der Waals surface area contributed by atoms with Crippen LogP contribution < -0.4 is 14.8 Å². The van der Waals surface area contributed by atoms with Gasteiger partial charge in [-0.15, -0.1) is 0 Å². The third-order valence-corrected chi connectivity index (χ3v) is 3.30. The van der Waals surface area contributed by atoms with E-state index in [1.165, 1.54) is 0 Å². The molecule has 0 spiro atoms. The summed E-state index contributed by atoms with van der Waals surface area (Å²) in [4.78, 5) is 11.8. The molecule has 1 N–H and O–H groups in total. The lowest BCUT2D eigenvalue weighted by Gasteiger charge is -2.18. The number of hydrogen-bond donors (Lipinski definition) is 1. The molecule has 0 aromatic heterocycles. The first kappa shape index (κ1) is 13.7. The second-order valence-electron chi connectivity index (χ2n) is 4.76. The Morgan fingerprint density at radius 1 is 1.53 bits per heavy atom. The lowest BCUT2D eigenvalue weighted by Crippen LogP contribution is -2.27. The SMILES string of the molecule is CCCC(=O)NC1CCCOc2cc(OC)ccc21. The fourth-order valence-corrected chi connectivity index (χ4v) is 2.32. The van der Waals surface area contributed by atoms with Gasteiger partial charge in [-0.2, -0.15) is 0 Å². The maximum absolute atomic E-state index is 11.8. The average molecular weight is 263 g/mol. The van der Waals surface area contributed by atoms with Gasteiger partial charge in [0, 0.05) is 18.1 Å². The molecule has 19 heavy (non-hydrogen) atoms. The molecule has 2 rings (SSSR count). The minimum atomic E-state index is 0.0439. The number of amides is 1. The quantitative estimate of drug-likeness (QED) is 0.908. The Morgan fingerprint density at radius 3 is 3.11 bits per heavy atom. The van der Waals surface area contributed by atoms with Crippen molar-refractivity contribution in [1.82, 2.24) is 5.32 Å². The molecule has 1 unspecified atom stereocenters. The van der Waals surface area contributed by atoms with Gasteiger partial charge in [0.05, 0.1) is 19.8 Å². The first-order valence-electron chi connectivity index (χ1n) is 6.84. The van der Waals surface area contributed by atoms with Gasteiger partial charge in [0.1, 0.15) is 11.5 Å². The maximum atomic E-state index is 11.8. The summed E-state index contributed by atoms with van der Waals surface area (Å²) in [5.41, 5.74) is 1.04. The Kier molecular flexibility index (Phi) is 4.66. The molecule has 0 fully saturated rings. The van der Waals surface area contributed by atoms with Crippen molar-refractivity contribution in [1.29, 1.82) is 0 Å². The number of benzene rings is 1. The Balaban J connectivity index is 2.20. The van der Waals surface area contributed by atoms with Crippen molar-refractivity contribution in [2.45, 2.75) is 38.6 Å². The zero-order valence-electron chi connectivity index (χ0n) is 11.6. The van der Waals surface area contributed by atoms with Crippen LogP contribution in [0.2, 0.25) is 0 Å². The fourth-order valence-electron chi connectivity index (χ4n) is 2.32. The zero-order chi connectivity index (χ0) is 13.7. The first-order valence-corrected chi connectivity index (χ1v) is 6.84. The largest absolute Gasteiger partial charge is 0.497 e. The van der Waals surface area contributed by atoms with E-state index < -0.39 is 0 Å². The van der Waals surface area contributed by atoms with Gasteiger partial charge in [-0.25, -0.2) is 0 Å². The van der Waals surface area contributed by atoms with Crippen molar-refractivity contribution in [2.75, 3.05) is 13.7 Å². The molecule has 1 amide bonds. The number of rotatable bonds is 4. The Labute approximate surface area is 114 Å². The highest BCUT2D eigenvalue weighted by molar-refractivity contribution is 5.76. The summed E-state index contributed by atoms with van der Waals surface area (Å²) in [5.74, 6) is 1.70. The van der Waals surface area contributed by atoms with E-state index in [0.29, 0.717) is 13.0 Å². The van der Waals surface area contributed by atoms with Crippen LogP contribution in [0.3, 0.4) is 0 Å². The van der Waals surface area contributed by atoms with E-state index >= 15 is 0 Å². The van der Waals surface area contributed by atoms with Crippen LogP contribution in [0.5, 0.6) is 11.5 Å². The smallest absolute Gasteiger partial charge is 0.220 e. The molecule has 4 nitrogen and oxygen atoms in total. The van der Waals surface area contributed by atoms with Crippen molar-refractivity contribution in [2.24, 2.45) is 0 Å². The molecule has 1 atom stereocenters. The zero-order valence-corrected chi connectivity index (χ0v) is 11.6. The predicted molar refractivity (Wildman–Crippen MR) is 73.5 cm³/mol. The summed E-state index contributed by atoms with van der Waals surface area (Å²) in [6.07, 6.45) is 3.29. The van der Waals surface area contributed by atoms with Crippen LogP contribution in [0.1, 0.15) is 44.2 Å². The summed E-state index contributed by atoms with van der Waals surface area (Å²) < 4.78 is 10.9. The van der Waals surface area contributed by atoms with Gasteiger partial charge in [-0.1, -0.05) is 6.92 Å². The highest BCUT2D eigenvalue weighted by Crippen LogP contribution is 2.34. The second-order valence-corrected chi connectivity index (χ2v) is 4.76. The molecule has 0 radical (unpaired) electrons. The molecule has 4 heteroatoms. The van der Waals surface area contributed by atoms with Gasteiger partial charge >= 0.3 is 0 Å². The fraction of sp³-hybridized carbons (Fsp3) is 0.533. The average Bonchev–Trinajstić information content (AvgIpc) is 2.61. The summed E-state index contributed by atoms with van der Waals surface area (Å²) in [7, 11) is 1.64. The van der Waals surface area contributed by atoms with Crippen molar-refractivity contribution < 1.29 is 14.3 Å². The Bertz CT molecular complexity index is 445. The van der Waals surface area contributed by atoms with Crippen molar-refractivity contribution in [3.8, 4) is 11.5 Å². The minimum absolute atomic E-state index is 0.0439. The maximum Gasteiger partial charge on any atom is 0.220 e. The van der Waals surface area contributed by atoms with Crippen LogP contribution in [-0.4, -0.2) is 19.6 Å². The van der Waals surface area contributed by atoms with Crippen LogP contribution in [-0.2, 0) is 4.79 Å². The minimum Gasteiger partial charge on any atom is -0.497 e. The van der Waals surface area contributed by atoms with Crippen molar-refractivity contribution >= 4 is 5.91 Å². The van der Waals surface area contributed by atoms with Gasteiger partial charge in [-0.3, -0.25) is 4.79 Å². The van der Waals surface area contributed by atoms with Crippen LogP contribution in [0.4, 0.5) is 0 Å². The third-order valence-electron chi connectivity index (χ3n) is 3.30. The van der Waals surface area contributed by atoms with E-state index in [1.807, 2.05) is 25.1 Å². The second kappa shape index (κ2) is 6.45. The number of ether oxygens (including phenoxy) is 2. The Morgan fingerprint density at radius 2 is 2.37 bits per heavy atom. The monoisotopic (exact) mass is 263 g/mol. The highest BCUT2D eigenvalue weighted by Gasteiger charge is 2.21. The van der Waals surface area contributed by atoms with Crippen molar-refractivity contribution in [3.05, 3.63) is 23.8 Å². The van der Waals surface area contributed by atoms with Crippen LogP contribution in [0.15, 0.2) is 18.2 Å². The summed E-state index contributed by atoms with van der Waals surface area (Å²) in [6, 6.07) is 5.82. The number of carbonyl (C=O) groups excluding carboxylic acids is 1. The molecule has 0 bridgehead atoms. The summed E-state index contributed by atoms with van der Waals surface area (Å²) >= 11 is 0. The highest BCUT2D eigenvalue weighted by atomic mass is 16.5. The van der Waals surface area contributed by atoms with Gasteiger partial charge in [0.25, 0.3) is 0 Å². The topological polar surface area (TPSA) is 47.6 Å². The lowest BCUT2D eigenvalue weighted by molar-refractivity contribution is -0.121. The number of nitrogens with one attached hydrogen (secondary N) is 1. The van der Waals surface area contributed by atoms with E-state index in [4.69, 9.17) is 9.47 Å². The van der Waals surface area contributed by atoms with Crippen LogP contribution in [0, 0.1) is 0 Å².